The molecule has 0 bridgehead atoms. The van der Waals surface area contributed by atoms with Gasteiger partial charge in [0.15, 0.2) is 0 Å². The lowest BCUT2D eigenvalue weighted by molar-refractivity contribution is -0.143. The summed E-state index contributed by atoms with van der Waals surface area (Å²) in [5.74, 6) is -2.19. The van der Waals surface area contributed by atoms with Crippen LogP contribution in [0.25, 0.3) is 0 Å². The lowest BCUT2D eigenvalue weighted by Crippen LogP contribution is -2.60. The van der Waals surface area contributed by atoms with E-state index in [1.54, 1.807) is 47.9 Å². The van der Waals surface area contributed by atoms with Crippen LogP contribution in [-0.4, -0.2) is 74.5 Å². The number of hydrogen-bond donors (Lipinski definition) is 3. The number of piperazine rings is 1. The topological polar surface area (TPSA) is 161 Å². The van der Waals surface area contributed by atoms with Crippen LogP contribution in [0.15, 0.2) is 48.7 Å². The molecule has 2 aliphatic heterocycles. The van der Waals surface area contributed by atoms with Gasteiger partial charge in [0.25, 0.3) is 11.8 Å². The van der Waals surface area contributed by atoms with Gasteiger partial charge in [0.05, 0.1) is 23.5 Å². The SMILES string of the molecule is C[C@@]1(Cc2ccc(C#N)cc2)C(=O)N(c2cc(Cl)cc(Cl)c2)c2ncc(C(=O)NC3(C(=O)N4CCNC(C(=O)O)C4)CC3)n21. The molecule has 226 valence electrons. The number of hydrogen-bond acceptors (Lipinski definition) is 7. The number of carboxylic acids is 1. The predicted molar refractivity (Wildman–Crippen MR) is 160 cm³/mol. The van der Waals surface area contributed by atoms with Gasteiger partial charge in [0.2, 0.25) is 11.9 Å². The van der Waals surface area contributed by atoms with Crippen molar-refractivity contribution in [3.05, 3.63) is 75.5 Å². The minimum Gasteiger partial charge on any atom is -0.480 e. The first-order valence-electron chi connectivity index (χ1n) is 13.9. The second-order valence-electron chi connectivity index (χ2n) is 11.4. The van der Waals surface area contributed by atoms with E-state index in [0.29, 0.717) is 47.2 Å². The zero-order chi connectivity index (χ0) is 31.4. The number of imidazole rings is 1. The van der Waals surface area contributed by atoms with E-state index >= 15 is 0 Å². The van der Waals surface area contributed by atoms with Crippen molar-refractivity contribution >= 4 is 58.5 Å². The zero-order valence-corrected chi connectivity index (χ0v) is 25.0. The summed E-state index contributed by atoms with van der Waals surface area (Å²) >= 11 is 12.6. The fourth-order valence-electron chi connectivity index (χ4n) is 5.93. The number of anilines is 2. The van der Waals surface area contributed by atoms with Gasteiger partial charge >= 0.3 is 5.97 Å². The highest BCUT2D eigenvalue weighted by atomic mass is 35.5. The van der Waals surface area contributed by atoms with Crippen LogP contribution >= 0.6 is 23.2 Å². The molecular formula is C30H27Cl2N7O5. The van der Waals surface area contributed by atoms with E-state index in [-0.39, 0.29) is 36.4 Å². The van der Waals surface area contributed by atoms with Crippen molar-refractivity contribution in [2.45, 2.75) is 43.3 Å². The van der Waals surface area contributed by atoms with Crippen molar-refractivity contribution in [2.75, 3.05) is 24.5 Å². The monoisotopic (exact) mass is 635 g/mol. The van der Waals surface area contributed by atoms with Crippen molar-refractivity contribution < 1.29 is 24.3 Å². The first kappa shape index (κ1) is 29.6. The summed E-state index contributed by atoms with van der Waals surface area (Å²) in [5, 5.41) is 25.0. The first-order valence-corrected chi connectivity index (χ1v) is 14.7. The van der Waals surface area contributed by atoms with Crippen LogP contribution < -0.4 is 15.5 Å². The summed E-state index contributed by atoms with van der Waals surface area (Å²) in [4.78, 5) is 60.5. The lowest BCUT2D eigenvalue weighted by atomic mass is 9.91. The molecule has 2 atom stereocenters. The predicted octanol–water partition coefficient (Wildman–Crippen LogP) is 2.85. The summed E-state index contributed by atoms with van der Waals surface area (Å²) < 4.78 is 1.56. The van der Waals surface area contributed by atoms with E-state index in [1.165, 1.54) is 22.1 Å². The van der Waals surface area contributed by atoms with Crippen LogP contribution in [0.1, 0.15) is 41.4 Å². The van der Waals surface area contributed by atoms with Gasteiger partial charge < -0.3 is 20.6 Å². The molecule has 1 aliphatic carbocycles. The normalized spacial score (nSPS) is 21.9. The van der Waals surface area contributed by atoms with Crippen molar-refractivity contribution in [1.82, 2.24) is 25.1 Å². The zero-order valence-electron chi connectivity index (χ0n) is 23.5. The molecule has 2 aromatic carbocycles. The molecule has 3 aliphatic rings. The Labute approximate surface area is 262 Å². The Kier molecular flexibility index (Phi) is 7.36. The Morgan fingerprint density at radius 3 is 2.45 bits per heavy atom. The summed E-state index contributed by atoms with van der Waals surface area (Å²) in [6.45, 7) is 2.33. The Morgan fingerprint density at radius 1 is 1.16 bits per heavy atom. The third-order valence-electron chi connectivity index (χ3n) is 8.34. The largest absolute Gasteiger partial charge is 0.480 e. The number of amides is 3. The van der Waals surface area contributed by atoms with Crippen molar-refractivity contribution in [3.63, 3.8) is 0 Å². The van der Waals surface area contributed by atoms with Crippen LogP contribution in [0.2, 0.25) is 10.0 Å². The third kappa shape index (κ3) is 5.06. The Balaban J connectivity index is 1.35. The van der Waals surface area contributed by atoms with E-state index in [9.17, 15) is 29.5 Å². The Morgan fingerprint density at radius 2 is 1.84 bits per heavy atom. The number of carboxylic acid groups (broad SMARTS) is 1. The molecule has 3 heterocycles. The molecule has 1 unspecified atom stereocenters. The van der Waals surface area contributed by atoms with Gasteiger partial charge in [-0.15, -0.1) is 0 Å². The molecule has 1 saturated heterocycles. The summed E-state index contributed by atoms with van der Waals surface area (Å²) in [7, 11) is 0. The number of benzene rings is 2. The number of nitriles is 1. The maximum Gasteiger partial charge on any atom is 0.322 e. The molecule has 0 radical (unpaired) electrons. The van der Waals surface area contributed by atoms with Crippen molar-refractivity contribution in [3.8, 4) is 6.07 Å². The molecule has 2 fully saturated rings. The molecule has 44 heavy (non-hydrogen) atoms. The number of fused-ring (bicyclic) bond motifs is 1. The molecule has 6 rings (SSSR count). The number of carbonyl (C=O) groups excluding carboxylic acids is 3. The number of carbonyl (C=O) groups is 4. The fraction of sp³-hybridized carbons (Fsp3) is 0.333. The smallest absolute Gasteiger partial charge is 0.322 e. The first-order chi connectivity index (χ1) is 21.0. The standard InChI is InChI=1S/C30H27Cl2N7O5/c1-29(13-17-2-4-18(14-33)5-3-17)26(43)38(21-11-19(31)10-20(32)12-21)28-35-15-23(39(28)29)24(40)36-30(6-7-30)27(44)37-9-8-34-22(16-37)25(41)42/h2-5,10-12,15,22,34H,6-9,13,16H2,1H3,(H,36,40)(H,41,42)/t22?,29-/m1/s1. The lowest BCUT2D eigenvalue weighted by Gasteiger charge is -2.34. The number of aliphatic carboxylic acids is 1. The van der Waals surface area contributed by atoms with Gasteiger partial charge in [0, 0.05) is 36.1 Å². The Bertz CT molecular complexity index is 1730. The average molecular weight is 636 g/mol. The van der Waals surface area contributed by atoms with Crippen LogP contribution in [0.3, 0.4) is 0 Å². The van der Waals surface area contributed by atoms with Crippen molar-refractivity contribution in [2.24, 2.45) is 0 Å². The van der Waals surface area contributed by atoms with Gasteiger partial charge in [-0.25, -0.2) is 9.88 Å². The maximum atomic E-state index is 14.2. The highest BCUT2D eigenvalue weighted by Crippen LogP contribution is 2.44. The quantitative estimate of drug-likeness (QED) is 0.357. The molecule has 3 aromatic rings. The second kappa shape index (κ2) is 10.9. The molecule has 0 spiro atoms. The van der Waals surface area contributed by atoms with Crippen LogP contribution in [0.5, 0.6) is 0 Å². The number of halogens is 2. The Hall–Kier alpha value is -4.44. The van der Waals surface area contributed by atoms with E-state index in [2.05, 4.69) is 21.7 Å². The molecular weight excluding hydrogens is 609 g/mol. The van der Waals surface area contributed by atoms with Crippen LogP contribution in [0.4, 0.5) is 11.6 Å². The molecule has 3 amide bonds. The molecule has 3 N–H and O–H groups in total. The summed E-state index contributed by atoms with van der Waals surface area (Å²) in [6, 6.07) is 12.7. The van der Waals surface area contributed by atoms with E-state index < -0.39 is 29.0 Å². The number of rotatable bonds is 7. The molecule has 14 heteroatoms. The van der Waals surface area contributed by atoms with Gasteiger partial charge in [-0.05, 0) is 55.7 Å². The summed E-state index contributed by atoms with van der Waals surface area (Å²) in [6.07, 6.45) is 2.32. The highest BCUT2D eigenvalue weighted by Gasteiger charge is 2.55. The van der Waals surface area contributed by atoms with Crippen molar-refractivity contribution in [1.29, 1.82) is 5.26 Å². The molecule has 12 nitrogen and oxygen atoms in total. The number of nitrogens with one attached hydrogen (secondary N) is 2. The third-order valence-corrected chi connectivity index (χ3v) is 8.78. The molecule has 1 aromatic heterocycles. The van der Waals surface area contributed by atoms with Gasteiger partial charge in [0.1, 0.15) is 22.8 Å². The summed E-state index contributed by atoms with van der Waals surface area (Å²) in [5.41, 5.74) is -0.853. The maximum absolute atomic E-state index is 14.2. The van der Waals surface area contributed by atoms with Gasteiger partial charge in [-0.1, -0.05) is 35.3 Å². The van der Waals surface area contributed by atoms with E-state index in [4.69, 9.17) is 23.2 Å². The minimum absolute atomic E-state index is 0.0117. The number of aromatic nitrogens is 2. The second-order valence-corrected chi connectivity index (χ2v) is 12.3. The van der Waals surface area contributed by atoms with Crippen LogP contribution in [-0.2, 0) is 26.3 Å². The van der Waals surface area contributed by atoms with Crippen LogP contribution in [0, 0.1) is 11.3 Å². The van der Waals surface area contributed by atoms with Gasteiger partial charge in [-0.3, -0.25) is 23.7 Å². The highest BCUT2D eigenvalue weighted by molar-refractivity contribution is 6.35. The average Bonchev–Trinajstić information content (AvgIpc) is 3.58. The number of nitrogens with zero attached hydrogens (tertiary/aromatic N) is 5. The van der Waals surface area contributed by atoms with E-state index in [1.807, 2.05) is 0 Å². The fourth-order valence-corrected chi connectivity index (χ4v) is 6.44. The van der Waals surface area contributed by atoms with Gasteiger partial charge in [-0.2, -0.15) is 5.26 Å². The van der Waals surface area contributed by atoms with E-state index in [0.717, 1.165) is 5.56 Å². The minimum atomic E-state index is -1.34. The molecule has 1 saturated carbocycles.